The summed E-state index contributed by atoms with van der Waals surface area (Å²) in [4.78, 5) is 10.6. The minimum absolute atomic E-state index is 0.397. The van der Waals surface area contributed by atoms with Gasteiger partial charge >= 0.3 is 5.97 Å². The third-order valence-electron chi connectivity index (χ3n) is 3.68. The topological polar surface area (TPSA) is 55.8 Å². The minimum Gasteiger partial charge on any atom is -0.490 e. The lowest BCUT2D eigenvalue weighted by Crippen LogP contribution is -2.10. The summed E-state index contributed by atoms with van der Waals surface area (Å²) in [6.07, 6.45) is 2.64. The van der Waals surface area contributed by atoms with Crippen LogP contribution in [0.1, 0.15) is 36.5 Å². The summed E-state index contributed by atoms with van der Waals surface area (Å²) in [5.41, 5.74) is 3.13. The van der Waals surface area contributed by atoms with Crippen LogP contribution < -0.4 is 9.47 Å². The number of carboxylic acids is 1. The Morgan fingerprint density at radius 1 is 1.12 bits per heavy atom. The second kappa shape index (κ2) is 8.92. The van der Waals surface area contributed by atoms with Gasteiger partial charge in [-0.15, -0.1) is 0 Å². The summed E-state index contributed by atoms with van der Waals surface area (Å²) >= 11 is 0. The van der Waals surface area contributed by atoms with Gasteiger partial charge in [0.1, 0.15) is 24.7 Å². The Labute approximate surface area is 148 Å². The van der Waals surface area contributed by atoms with Crippen LogP contribution in [0.3, 0.4) is 0 Å². The van der Waals surface area contributed by atoms with Crippen LogP contribution in [0.25, 0.3) is 6.08 Å². The van der Waals surface area contributed by atoms with E-state index in [1.165, 1.54) is 17.2 Å². The van der Waals surface area contributed by atoms with Crippen LogP contribution in [-0.2, 0) is 4.79 Å². The molecule has 132 valence electrons. The van der Waals surface area contributed by atoms with Crippen LogP contribution >= 0.6 is 0 Å². The third-order valence-corrected chi connectivity index (χ3v) is 3.68. The van der Waals surface area contributed by atoms with Gasteiger partial charge in [0.2, 0.25) is 0 Å². The average Bonchev–Trinajstić information content (AvgIpc) is 2.57. The number of carboxylic acid groups (broad SMARTS) is 1. The van der Waals surface area contributed by atoms with Gasteiger partial charge in [-0.05, 0) is 53.8 Å². The van der Waals surface area contributed by atoms with E-state index in [1.54, 1.807) is 6.07 Å². The van der Waals surface area contributed by atoms with E-state index in [0.717, 1.165) is 17.4 Å². The molecule has 0 aliphatic rings. The second-order valence-electron chi connectivity index (χ2n) is 6.14. The lowest BCUT2D eigenvalue weighted by Gasteiger charge is -2.15. The second-order valence-corrected chi connectivity index (χ2v) is 6.14. The number of aliphatic carboxylic acids is 1. The SMILES string of the molecule is Cc1ccc(C(C)C)c(OCCOc2cccc(C=CC(=O)O)c2)c1. The molecule has 0 atom stereocenters. The van der Waals surface area contributed by atoms with E-state index in [2.05, 4.69) is 26.0 Å². The number of aryl methyl sites for hydroxylation is 1. The smallest absolute Gasteiger partial charge is 0.328 e. The molecule has 4 nitrogen and oxygen atoms in total. The molecule has 2 aromatic rings. The highest BCUT2D eigenvalue weighted by molar-refractivity contribution is 5.85. The van der Waals surface area contributed by atoms with E-state index >= 15 is 0 Å². The van der Waals surface area contributed by atoms with Crippen molar-refractivity contribution in [3.05, 3.63) is 65.2 Å². The van der Waals surface area contributed by atoms with Crippen LogP contribution in [0.15, 0.2) is 48.5 Å². The molecule has 4 heteroatoms. The molecular formula is C21H24O4. The number of rotatable bonds is 8. The lowest BCUT2D eigenvalue weighted by molar-refractivity contribution is -0.131. The number of hydrogen-bond acceptors (Lipinski definition) is 3. The van der Waals surface area contributed by atoms with Crippen molar-refractivity contribution < 1.29 is 19.4 Å². The molecule has 0 saturated carbocycles. The molecule has 0 aromatic heterocycles. The summed E-state index contributed by atoms with van der Waals surface area (Å²) in [5.74, 6) is 1.01. The molecule has 2 aromatic carbocycles. The van der Waals surface area contributed by atoms with Gasteiger partial charge in [0.25, 0.3) is 0 Å². The zero-order chi connectivity index (χ0) is 18.2. The Morgan fingerprint density at radius 2 is 1.88 bits per heavy atom. The van der Waals surface area contributed by atoms with Gasteiger partial charge in [-0.1, -0.05) is 38.1 Å². The molecule has 0 radical (unpaired) electrons. The molecule has 0 unspecified atom stereocenters. The van der Waals surface area contributed by atoms with Gasteiger partial charge in [0, 0.05) is 6.08 Å². The summed E-state index contributed by atoms with van der Waals surface area (Å²) in [6, 6.07) is 13.5. The quantitative estimate of drug-likeness (QED) is 0.560. The standard InChI is InChI=1S/C21H24O4/c1-15(2)19-9-7-16(3)13-20(19)25-12-11-24-18-6-4-5-17(14-18)8-10-21(22)23/h4-10,13-15H,11-12H2,1-3H3,(H,22,23). The maximum Gasteiger partial charge on any atom is 0.328 e. The first-order valence-electron chi connectivity index (χ1n) is 8.33. The van der Waals surface area contributed by atoms with Crippen LogP contribution in [0.5, 0.6) is 11.5 Å². The Morgan fingerprint density at radius 3 is 2.60 bits per heavy atom. The minimum atomic E-state index is -0.973. The monoisotopic (exact) mass is 340 g/mol. The first kappa shape index (κ1) is 18.6. The van der Waals surface area contributed by atoms with Crippen molar-refractivity contribution in [2.45, 2.75) is 26.7 Å². The predicted octanol–water partition coefficient (Wildman–Crippen LogP) is 4.67. The number of carbonyl (C=O) groups is 1. The molecule has 0 amide bonds. The normalized spacial score (nSPS) is 11.0. The van der Waals surface area contributed by atoms with Crippen molar-refractivity contribution in [1.29, 1.82) is 0 Å². The first-order chi connectivity index (χ1) is 12.0. The number of hydrogen-bond donors (Lipinski definition) is 1. The number of ether oxygens (including phenoxy) is 2. The summed E-state index contributed by atoms with van der Waals surface area (Å²) in [5, 5.41) is 8.67. The van der Waals surface area contributed by atoms with E-state index in [9.17, 15) is 4.79 Å². The molecule has 0 spiro atoms. The average molecular weight is 340 g/mol. The lowest BCUT2D eigenvalue weighted by atomic mass is 10.0. The van der Waals surface area contributed by atoms with Crippen LogP contribution in [0.4, 0.5) is 0 Å². The van der Waals surface area contributed by atoms with Crippen molar-refractivity contribution in [1.82, 2.24) is 0 Å². The fraction of sp³-hybridized carbons (Fsp3) is 0.286. The maximum atomic E-state index is 10.6. The molecule has 0 fully saturated rings. The molecule has 0 bridgehead atoms. The van der Waals surface area contributed by atoms with Gasteiger partial charge in [0.05, 0.1) is 0 Å². The highest BCUT2D eigenvalue weighted by Crippen LogP contribution is 2.27. The fourth-order valence-corrected chi connectivity index (χ4v) is 2.43. The molecule has 25 heavy (non-hydrogen) atoms. The zero-order valence-corrected chi connectivity index (χ0v) is 14.9. The zero-order valence-electron chi connectivity index (χ0n) is 14.9. The van der Waals surface area contributed by atoms with Crippen molar-refractivity contribution in [3.63, 3.8) is 0 Å². The molecule has 2 rings (SSSR count). The highest BCUT2D eigenvalue weighted by Gasteiger charge is 2.08. The molecule has 0 aliphatic carbocycles. The van der Waals surface area contributed by atoms with Crippen molar-refractivity contribution in [2.75, 3.05) is 13.2 Å². The van der Waals surface area contributed by atoms with E-state index < -0.39 is 5.97 Å². The van der Waals surface area contributed by atoms with Crippen LogP contribution in [0, 0.1) is 6.92 Å². The van der Waals surface area contributed by atoms with Crippen LogP contribution in [0.2, 0.25) is 0 Å². The fourth-order valence-electron chi connectivity index (χ4n) is 2.43. The van der Waals surface area contributed by atoms with Gasteiger partial charge in [-0.3, -0.25) is 0 Å². The van der Waals surface area contributed by atoms with E-state index in [1.807, 2.05) is 31.2 Å². The van der Waals surface area contributed by atoms with E-state index in [-0.39, 0.29) is 0 Å². The van der Waals surface area contributed by atoms with Crippen molar-refractivity contribution in [2.24, 2.45) is 0 Å². The van der Waals surface area contributed by atoms with Gasteiger partial charge in [-0.25, -0.2) is 4.79 Å². The van der Waals surface area contributed by atoms with Crippen molar-refractivity contribution in [3.8, 4) is 11.5 Å². The highest BCUT2D eigenvalue weighted by atomic mass is 16.5. The third kappa shape index (κ3) is 5.99. The summed E-state index contributed by atoms with van der Waals surface area (Å²) < 4.78 is 11.6. The molecule has 0 saturated heterocycles. The van der Waals surface area contributed by atoms with Crippen molar-refractivity contribution >= 4 is 12.0 Å². The Kier molecular flexibility index (Phi) is 6.63. The molecular weight excluding hydrogens is 316 g/mol. The molecule has 0 heterocycles. The largest absolute Gasteiger partial charge is 0.490 e. The van der Waals surface area contributed by atoms with Gasteiger partial charge in [-0.2, -0.15) is 0 Å². The summed E-state index contributed by atoms with van der Waals surface area (Å²) in [7, 11) is 0. The number of benzene rings is 2. The predicted molar refractivity (Wildman–Crippen MR) is 99.4 cm³/mol. The van der Waals surface area contributed by atoms with Crippen LogP contribution in [-0.4, -0.2) is 24.3 Å². The molecule has 0 aliphatic heterocycles. The van der Waals surface area contributed by atoms with Gasteiger partial charge < -0.3 is 14.6 Å². The van der Waals surface area contributed by atoms with Gasteiger partial charge in [0.15, 0.2) is 0 Å². The first-order valence-corrected chi connectivity index (χ1v) is 8.33. The maximum absolute atomic E-state index is 10.6. The molecule has 1 N–H and O–H groups in total. The Bertz CT molecular complexity index is 747. The van der Waals surface area contributed by atoms with E-state index in [0.29, 0.717) is 24.9 Å². The Hall–Kier alpha value is -2.75. The van der Waals surface area contributed by atoms with E-state index in [4.69, 9.17) is 14.6 Å². The Balaban J connectivity index is 1.91. The summed E-state index contributed by atoms with van der Waals surface area (Å²) in [6.45, 7) is 7.19.